The van der Waals surface area contributed by atoms with Gasteiger partial charge in [0.15, 0.2) is 0 Å². The number of halogens is 1. The fourth-order valence-corrected chi connectivity index (χ4v) is 4.79. The molecular formula is C23H29ClN2O3S. The molecule has 0 saturated carbocycles. The molecule has 1 unspecified atom stereocenters. The van der Waals surface area contributed by atoms with Crippen molar-refractivity contribution in [1.29, 1.82) is 0 Å². The van der Waals surface area contributed by atoms with Crippen LogP contribution in [0, 0.1) is 5.92 Å². The SMILES string of the molecule is CCCN(CC(=O)N1CCc2sccc2C1COc1ccc(Cl)cc1)C(=O)C(C)C. The van der Waals surface area contributed by atoms with Gasteiger partial charge in [-0.05, 0) is 54.1 Å². The molecule has 1 aliphatic heterocycles. The number of carbonyl (C=O) groups excluding carboxylic acids is 2. The molecule has 1 atom stereocenters. The van der Waals surface area contributed by atoms with Gasteiger partial charge in [0, 0.05) is 28.9 Å². The monoisotopic (exact) mass is 448 g/mol. The first-order chi connectivity index (χ1) is 14.4. The van der Waals surface area contributed by atoms with E-state index in [0.717, 1.165) is 24.2 Å². The Morgan fingerprint density at radius 2 is 2.00 bits per heavy atom. The molecule has 1 aromatic heterocycles. The summed E-state index contributed by atoms with van der Waals surface area (Å²) in [6.07, 6.45) is 1.66. The van der Waals surface area contributed by atoms with Crippen LogP contribution >= 0.6 is 22.9 Å². The van der Waals surface area contributed by atoms with E-state index < -0.39 is 0 Å². The Morgan fingerprint density at radius 1 is 1.27 bits per heavy atom. The second kappa shape index (κ2) is 10.3. The maximum absolute atomic E-state index is 13.3. The molecule has 3 rings (SSSR count). The minimum atomic E-state index is -0.166. The Morgan fingerprint density at radius 3 is 2.67 bits per heavy atom. The number of amides is 2. The minimum absolute atomic E-state index is 0.0207. The molecule has 30 heavy (non-hydrogen) atoms. The van der Waals surface area contributed by atoms with Crippen LogP contribution in [0.1, 0.15) is 43.7 Å². The van der Waals surface area contributed by atoms with Crippen LogP contribution in [0.2, 0.25) is 5.02 Å². The highest BCUT2D eigenvalue weighted by molar-refractivity contribution is 7.10. The van der Waals surface area contributed by atoms with Gasteiger partial charge in [0.05, 0.1) is 12.6 Å². The third-order valence-corrected chi connectivity index (χ3v) is 6.51. The number of hydrogen-bond donors (Lipinski definition) is 0. The fourth-order valence-electron chi connectivity index (χ4n) is 3.74. The second-order valence-corrected chi connectivity index (χ2v) is 9.27. The Bertz CT molecular complexity index is 866. The van der Waals surface area contributed by atoms with E-state index in [1.165, 1.54) is 4.88 Å². The average molecular weight is 449 g/mol. The average Bonchev–Trinajstić information content (AvgIpc) is 3.21. The molecule has 2 aromatic rings. The van der Waals surface area contributed by atoms with Crippen molar-refractivity contribution in [2.45, 2.75) is 39.7 Å². The van der Waals surface area contributed by atoms with Gasteiger partial charge in [-0.3, -0.25) is 9.59 Å². The summed E-state index contributed by atoms with van der Waals surface area (Å²) < 4.78 is 6.02. The summed E-state index contributed by atoms with van der Waals surface area (Å²) in [5, 5.41) is 2.72. The van der Waals surface area contributed by atoms with Gasteiger partial charge < -0.3 is 14.5 Å². The van der Waals surface area contributed by atoms with Gasteiger partial charge in [0.25, 0.3) is 0 Å². The number of hydrogen-bond acceptors (Lipinski definition) is 4. The fraction of sp³-hybridized carbons (Fsp3) is 0.478. The van der Waals surface area contributed by atoms with Crippen molar-refractivity contribution in [3.8, 4) is 5.75 Å². The third kappa shape index (κ3) is 5.35. The Hall–Kier alpha value is -2.05. The molecule has 0 radical (unpaired) electrons. The van der Waals surface area contributed by atoms with Crippen molar-refractivity contribution in [2.24, 2.45) is 5.92 Å². The molecule has 0 bridgehead atoms. The van der Waals surface area contributed by atoms with E-state index in [2.05, 4.69) is 11.4 Å². The zero-order valence-electron chi connectivity index (χ0n) is 17.8. The van der Waals surface area contributed by atoms with Gasteiger partial charge in [-0.25, -0.2) is 0 Å². The molecule has 2 heterocycles. The molecule has 0 saturated heterocycles. The second-order valence-electron chi connectivity index (χ2n) is 7.83. The third-order valence-electron chi connectivity index (χ3n) is 5.26. The lowest BCUT2D eigenvalue weighted by Crippen LogP contribution is -2.48. The lowest BCUT2D eigenvalue weighted by molar-refractivity contribution is -0.144. The van der Waals surface area contributed by atoms with Gasteiger partial charge in [-0.1, -0.05) is 32.4 Å². The van der Waals surface area contributed by atoms with Crippen molar-refractivity contribution in [1.82, 2.24) is 9.80 Å². The molecule has 0 aliphatic carbocycles. The normalized spacial score (nSPS) is 15.8. The van der Waals surface area contributed by atoms with E-state index in [9.17, 15) is 9.59 Å². The molecule has 0 N–H and O–H groups in total. The first kappa shape index (κ1) is 22.6. The van der Waals surface area contributed by atoms with Crippen LogP contribution in [0.3, 0.4) is 0 Å². The Balaban J connectivity index is 1.76. The number of carbonyl (C=O) groups is 2. The van der Waals surface area contributed by atoms with Crippen LogP contribution in [0.4, 0.5) is 0 Å². The lowest BCUT2D eigenvalue weighted by atomic mass is 10.00. The Labute approximate surface area is 187 Å². The van der Waals surface area contributed by atoms with E-state index in [1.54, 1.807) is 28.4 Å². The highest BCUT2D eigenvalue weighted by Crippen LogP contribution is 2.34. The molecule has 0 spiro atoms. The van der Waals surface area contributed by atoms with Crippen molar-refractivity contribution < 1.29 is 14.3 Å². The van der Waals surface area contributed by atoms with Crippen LogP contribution in [0.5, 0.6) is 5.75 Å². The quantitative estimate of drug-likeness (QED) is 0.582. The predicted molar refractivity (Wildman–Crippen MR) is 121 cm³/mol. The van der Waals surface area contributed by atoms with E-state index in [1.807, 2.05) is 37.8 Å². The highest BCUT2D eigenvalue weighted by atomic mass is 35.5. The van der Waals surface area contributed by atoms with Crippen molar-refractivity contribution in [2.75, 3.05) is 26.2 Å². The number of thiophene rings is 1. The topological polar surface area (TPSA) is 49.9 Å². The van der Waals surface area contributed by atoms with Crippen LogP contribution in [0.25, 0.3) is 0 Å². The lowest BCUT2D eigenvalue weighted by Gasteiger charge is -2.37. The van der Waals surface area contributed by atoms with Crippen molar-refractivity contribution in [3.63, 3.8) is 0 Å². The first-order valence-electron chi connectivity index (χ1n) is 10.4. The van der Waals surface area contributed by atoms with Crippen LogP contribution < -0.4 is 4.74 Å². The summed E-state index contributed by atoms with van der Waals surface area (Å²) in [7, 11) is 0. The first-order valence-corrected chi connectivity index (χ1v) is 11.7. The maximum Gasteiger partial charge on any atom is 0.242 e. The summed E-state index contributed by atoms with van der Waals surface area (Å²) in [5.74, 6) is 0.585. The van der Waals surface area contributed by atoms with E-state index in [0.29, 0.717) is 24.7 Å². The maximum atomic E-state index is 13.3. The summed E-state index contributed by atoms with van der Waals surface area (Å²) >= 11 is 7.68. The summed E-state index contributed by atoms with van der Waals surface area (Å²) in [4.78, 5) is 30.7. The summed E-state index contributed by atoms with van der Waals surface area (Å²) in [6, 6.07) is 9.15. The number of ether oxygens (including phenoxy) is 1. The zero-order valence-corrected chi connectivity index (χ0v) is 19.3. The van der Waals surface area contributed by atoms with E-state index in [4.69, 9.17) is 16.3 Å². The summed E-state index contributed by atoms with van der Waals surface area (Å²) in [5.41, 5.74) is 1.14. The number of nitrogens with zero attached hydrogens (tertiary/aromatic N) is 2. The molecule has 1 aromatic carbocycles. The zero-order chi connectivity index (χ0) is 21.7. The predicted octanol–water partition coefficient (Wildman–Crippen LogP) is 4.80. The number of fused-ring (bicyclic) bond motifs is 1. The van der Waals surface area contributed by atoms with E-state index in [-0.39, 0.29) is 30.3 Å². The van der Waals surface area contributed by atoms with Crippen molar-refractivity contribution in [3.05, 3.63) is 51.2 Å². The van der Waals surface area contributed by atoms with Crippen LogP contribution in [-0.2, 0) is 16.0 Å². The molecule has 5 nitrogen and oxygen atoms in total. The number of benzene rings is 1. The van der Waals surface area contributed by atoms with Crippen LogP contribution in [0.15, 0.2) is 35.7 Å². The molecule has 1 aliphatic rings. The minimum Gasteiger partial charge on any atom is -0.491 e. The molecule has 7 heteroatoms. The summed E-state index contributed by atoms with van der Waals surface area (Å²) in [6.45, 7) is 7.47. The smallest absolute Gasteiger partial charge is 0.242 e. The van der Waals surface area contributed by atoms with Crippen LogP contribution in [-0.4, -0.2) is 47.9 Å². The van der Waals surface area contributed by atoms with Gasteiger partial charge in [-0.15, -0.1) is 11.3 Å². The molecular weight excluding hydrogens is 420 g/mol. The number of rotatable bonds is 8. The highest BCUT2D eigenvalue weighted by Gasteiger charge is 2.33. The largest absolute Gasteiger partial charge is 0.491 e. The molecule has 162 valence electrons. The van der Waals surface area contributed by atoms with Gasteiger partial charge in [0.1, 0.15) is 12.4 Å². The molecule has 0 fully saturated rings. The van der Waals surface area contributed by atoms with Gasteiger partial charge >= 0.3 is 0 Å². The Kier molecular flexibility index (Phi) is 7.78. The van der Waals surface area contributed by atoms with Gasteiger partial charge in [0.2, 0.25) is 11.8 Å². The van der Waals surface area contributed by atoms with E-state index >= 15 is 0 Å². The van der Waals surface area contributed by atoms with Crippen molar-refractivity contribution >= 4 is 34.8 Å². The standard InChI is InChI=1S/C23H29ClN2O3S/c1-4-11-25(23(28)16(2)3)14-22(27)26-12-9-21-19(10-13-30-21)20(26)15-29-18-7-5-17(24)6-8-18/h5-8,10,13,16,20H,4,9,11-12,14-15H2,1-3H3. The molecule has 2 amide bonds. The van der Waals surface area contributed by atoms with Gasteiger partial charge in [-0.2, -0.15) is 0 Å².